The van der Waals surface area contributed by atoms with Gasteiger partial charge in [0.1, 0.15) is 0 Å². The highest BCUT2D eigenvalue weighted by atomic mass is 16.5. The molecular formula is C14H19N2O2-. The average Bonchev–Trinajstić information content (AvgIpc) is 2.34. The van der Waals surface area contributed by atoms with E-state index in [1.165, 1.54) is 0 Å². The van der Waals surface area contributed by atoms with Crippen molar-refractivity contribution >= 4 is 11.6 Å². The van der Waals surface area contributed by atoms with Crippen LogP contribution in [0.3, 0.4) is 0 Å². The second-order valence-electron chi connectivity index (χ2n) is 4.91. The lowest BCUT2D eigenvalue weighted by molar-refractivity contribution is -0.121. The zero-order valence-corrected chi connectivity index (χ0v) is 10.9. The van der Waals surface area contributed by atoms with Crippen LogP contribution in [0.15, 0.2) is 18.2 Å². The second kappa shape index (κ2) is 5.50. The van der Waals surface area contributed by atoms with Crippen LogP contribution in [-0.4, -0.2) is 23.6 Å². The Morgan fingerprint density at radius 1 is 1.33 bits per heavy atom. The molecule has 1 heterocycles. The van der Waals surface area contributed by atoms with E-state index in [2.05, 4.69) is 5.32 Å². The normalized spacial score (nSPS) is 20.7. The maximum Gasteiger partial charge on any atom is 0.240 e. The largest absolute Gasteiger partial charge is 0.785 e. The molecule has 98 valence electrons. The zero-order valence-electron chi connectivity index (χ0n) is 10.9. The molecule has 1 unspecified atom stereocenters. The summed E-state index contributed by atoms with van der Waals surface area (Å²) in [5, 5.41) is 15.5. The van der Waals surface area contributed by atoms with Gasteiger partial charge in [-0.3, -0.25) is 4.79 Å². The fourth-order valence-corrected chi connectivity index (χ4v) is 2.39. The van der Waals surface area contributed by atoms with Gasteiger partial charge in [-0.15, -0.1) is 0 Å². The molecule has 1 saturated heterocycles. The summed E-state index contributed by atoms with van der Waals surface area (Å²) >= 11 is 0. The fraction of sp³-hybridized carbons (Fsp3) is 0.500. The Morgan fingerprint density at radius 2 is 2.00 bits per heavy atom. The van der Waals surface area contributed by atoms with Crippen molar-refractivity contribution in [2.45, 2.75) is 39.2 Å². The molecule has 0 spiro atoms. The fourth-order valence-electron chi connectivity index (χ4n) is 2.39. The first kappa shape index (κ1) is 13.1. The van der Waals surface area contributed by atoms with E-state index in [-0.39, 0.29) is 5.91 Å². The summed E-state index contributed by atoms with van der Waals surface area (Å²) in [4.78, 5) is 12.1. The van der Waals surface area contributed by atoms with E-state index in [1.54, 1.807) is 0 Å². The van der Waals surface area contributed by atoms with Gasteiger partial charge in [-0.25, -0.2) is 0 Å². The predicted molar refractivity (Wildman–Crippen MR) is 72.3 cm³/mol. The van der Waals surface area contributed by atoms with Crippen LogP contribution in [0.2, 0.25) is 0 Å². The summed E-state index contributed by atoms with van der Waals surface area (Å²) in [5.41, 5.74) is 2.88. The quantitative estimate of drug-likeness (QED) is 0.874. The molecule has 0 aromatic heterocycles. The van der Waals surface area contributed by atoms with Crippen molar-refractivity contribution in [3.8, 4) is 0 Å². The molecule has 1 N–H and O–H groups in total. The molecule has 1 amide bonds. The Bertz CT molecular complexity index is 425. The lowest BCUT2D eigenvalue weighted by atomic mass is 10.0. The summed E-state index contributed by atoms with van der Waals surface area (Å²) in [6.07, 6.45) is 2.49. The molecule has 1 aliphatic heterocycles. The molecule has 4 nitrogen and oxygen atoms in total. The first-order chi connectivity index (χ1) is 8.59. The van der Waals surface area contributed by atoms with Crippen molar-refractivity contribution in [3.05, 3.63) is 34.5 Å². The molecule has 4 heteroatoms. The number of rotatable bonds is 2. The third-order valence-corrected chi connectivity index (χ3v) is 3.49. The highest BCUT2D eigenvalue weighted by molar-refractivity contribution is 5.96. The van der Waals surface area contributed by atoms with E-state index < -0.39 is 6.04 Å². The number of para-hydroxylation sites is 1. The van der Waals surface area contributed by atoms with E-state index in [1.807, 2.05) is 32.0 Å². The summed E-state index contributed by atoms with van der Waals surface area (Å²) in [7, 11) is 0. The van der Waals surface area contributed by atoms with Gasteiger partial charge in [0.05, 0.1) is 6.04 Å². The molecule has 1 atom stereocenters. The smallest absolute Gasteiger partial charge is 0.240 e. The number of carbonyl (C=O) groups is 1. The van der Waals surface area contributed by atoms with Gasteiger partial charge < -0.3 is 15.6 Å². The number of hydrogen-bond donors (Lipinski definition) is 1. The topological polar surface area (TPSA) is 55.4 Å². The summed E-state index contributed by atoms with van der Waals surface area (Å²) in [5.74, 6) is -0.179. The first-order valence-corrected chi connectivity index (χ1v) is 6.40. The van der Waals surface area contributed by atoms with E-state index in [0.717, 1.165) is 34.7 Å². The van der Waals surface area contributed by atoms with E-state index in [9.17, 15) is 10.0 Å². The van der Waals surface area contributed by atoms with E-state index in [0.29, 0.717) is 13.0 Å². The summed E-state index contributed by atoms with van der Waals surface area (Å²) in [6, 6.07) is 5.34. The summed E-state index contributed by atoms with van der Waals surface area (Å²) in [6.45, 7) is 4.38. The average molecular weight is 247 g/mol. The number of hydrogen-bond acceptors (Lipinski definition) is 3. The maximum atomic E-state index is 12.1. The maximum absolute atomic E-state index is 12.1. The number of aryl methyl sites for hydroxylation is 2. The lowest BCUT2D eigenvalue weighted by Crippen LogP contribution is -2.43. The SMILES string of the molecule is Cc1cccc(C)c1NC(=O)C1CCCCN1[O-]. The Morgan fingerprint density at radius 3 is 2.61 bits per heavy atom. The number of nitrogens with zero attached hydrogens (tertiary/aromatic N) is 1. The number of nitrogens with one attached hydrogen (secondary N) is 1. The Hall–Kier alpha value is -1.39. The molecule has 0 aliphatic carbocycles. The molecule has 18 heavy (non-hydrogen) atoms. The third-order valence-electron chi connectivity index (χ3n) is 3.49. The van der Waals surface area contributed by atoms with E-state index >= 15 is 0 Å². The minimum Gasteiger partial charge on any atom is -0.785 e. The van der Waals surface area contributed by atoms with Crippen LogP contribution < -0.4 is 5.32 Å². The van der Waals surface area contributed by atoms with Crippen LogP contribution in [0, 0.1) is 19.1 Å². The monoisotopic (exact) mass is 247 g/mol. The van der Waals surface area contributed by atoms with Gasteiger partial charge in [0.25, 0.3) is 0 Å². The van der Waals surface area contributed by atoms with Gasteiger partial charge in [-0.05, 0) is 44.4 Å². The van der Waals surface area contributed by atoms with Gasteiger partial charge in [0.15, 0.2) is 0 Å². The number of piperidine rings is 1. The highest BCUT2D eigenvalue weighted by Crippen LogP contribution is 2.22. The minimum atomic E-state index is -0.530. The highest BCUT2D eigenvalue weighted by Gasteiger charge is 2.23. The van der Waals surface area contributed by atoms with Crippen LogP contribution in [0.4, 0.5) is 5.69 Å². The van der Waals surface area contributed by atoms with Crippen LogP contribution >= 0.6 is 0 Å². The van der Waals surface area contributed by atoms with Gasteiger partial charge in [-0.1, -0.05) is 24.6 Å². The van der Waals surface area contributed by atoms with Crippen molar-refractivity contribution in [1.82, 2.24) is 5.06 Å². The molecule has 0 saturated carbocycles. The second-order valence-corrected chi connectivity index (χ2v) is 4.91. The molecular weight excluding hydrogens is 228 g/mol. The Balaban J connectivity index is 2.11. The van der Waals surface area contributed by atoms with Crippen LogP contribution in [-0.2, 0) is 4.79 Å². The molecule has 0 radical (unpaired) electrons. The van der Waals surface area contributed by atoms with Crippen LogP contribution in [0.25, 0.3) is 0 Å². The van der Waals surface area contributed by atoms with E-state index in [4.69, 9.17) is 0 Å². The van der Waals surface area contributed by atoms with Gasteiger partial charge >= 0.3 is 0 Å². The number of anilines is 1. The van der Waals surface area contributed by atoms with Crippen molar-refractivity contribution in [3.63, 3.8) is 0 Å². The Labute approximate surface area is 108 Å². The lowest BCUT2D eigenvalue weighted by Gasteiger charge is -2.39. The number of hydroxylamine groups is 2. The molecule has 1 aromatic rings. The van der Waals surface area contributed by atoms with Crippen molar-refractivity contribution in [2.75, 3.05) is 11.9 Å². The standard InChI is InChI=1S/C14H19N2O2/c1-10-6-5-7-11(2)13(10)15-14(17)12-8-3-4-9-16(12)18/h5-7,12H,3-4,8-9H2,1-2H3,(H,15,17)/q-1. The molecule has 2 rings (SSSR count). The van der Waals surface area contributed by atoms with Crippen molar-refractivity contribution in [2.24, 2.45) is 0 Å². The predicted octanol–water partition coefficient (Wildman–Crippen LogP) is 2.59. The number of benzene rings is 1. The van der Waals surface area contributed by atoms with Crippen LogP contribution in [0.5, 0.6) is 0 Å². The van der Waals surface area contributed by atoms with Crippen LogP contribution in [0.1, 0.15) is 30.4 Å². The molecule has 1 fully saturated rings. The minimum absolute atomic E-state index is 0.179. The first-order valence-electron chi connectivity index (χ1n) is 6.40. The zero-order chi connectivity index (χ0) is 13.1. The number of carbonyl (C=O) groups excluding carboxylic acids is 1. The summed E-state index contributed by atoms with van der Waals surface area (Å²) < 4.78 is 0. The van der Waals surface area contributed by atoms with Gasteiger partial charge in [0.2, 0.25) is 5.91 Å². The Kier molecular flexibility index (Phi) is 3.99. The van der Waals surface area contributed by atoms with Gasteiger partial charge in [-0.2, -0.15) is 0 Å². The third kappa shape index (κ3) is 2.71. The van der Waals surface area contributed by atoms with Crippen molar-refractivity contribution < 1.29 is 4.79 Å². The van der Waals surface area contributed by atoms with Crippen molar-refractivity contribution in [1.29, 1.82) is 0 Å². The molecule has 1 aromatic carbocycles. The van der Waals surface area contributed by atoms with Gasteiger partial charge in [0, 0.05) is 5.69 Å². The number of amides is 1. The molecule has 0 bridgehead atoms. The molecule has 1 aliphatic rings.